The maximum absolute atomic E-state index is 12.3. The van der Waals surface area contributed by atoms with E-state index in [0.717, 1.165) is 0 Å². The molecule has 0 saturated heterocycles. The molecule has 0 aliphatic carbocycles. The maximum Gasteiger partial charge on any atom is 0.255 e. The van der Waals surface area contributed by atoms with Gasteiger partial charge in [-0.3, -0.25) is 9.59 Å². The maximum atomic E-state index is 12.3. The van der Waals surface area contributed by atoms with Crippen LogP contribution in [0.15, 0.2) is 24.3 Å². The fraction of sp³-hybridized carbons (Fsp3) is 0.429. The van der Waals surface area contributed by atoms with Crippen LogP contribution in [0.2, 0.25) is 0 Å². The molecule has 0 fully saturated rings. The molecule has 1 aromatic rings. The van der Waals surface area contributed by atoms with E-state index >= 15 is 0 Å². The lowest BCUT2D eigenvalue weighted by atomic mass is 10.1. The summed E-state index contributed by atoms with van der Waals surface area (Å²) in [6.45, 7) is 3.78. The highest BCUT2D eigenvalue weighted by Gasteiger charge is 2.18. The molecule has 6 heteroatoms. The summed E-state index contributed by atoms with van der Waals surface area (Å²) >= 11 is 0. The van der Waals surface area contributed by atoms with Gasteiger partial charge in [0.2, 0.25) is 0 Å². The first-order chi connectivity index (χ1) is 9.45. The molecule has 0 heterocycles. The fourth-order valence-electron chi connectivity index (χ4n) is 1.72. The number of amides is 2. The summed E-state index contributed by atoms with van der Waals surface area (Å²) in [5.74, 6) is -0.242. The first kappa shape index (κ1) is 16.0. The topological polar surface area (TPSA) is 92.9 Å². The van der Waals surface area contributed by atoms with Gasteiger partial charge in [0.05, 0.1) is 6.61 Å². The van der Waals surface area contributed by atoms with Crippen molar-refractivity contribution in [2.45, 2.75) is 19.9 Å². The average molecular weight is 280 g/mol. The largest absolute Gasteiger partial charge is 0.484 e. The Bertz CT molecular complexity index is 457. The van der Waals surface area contributed by atoms with E-state index < -0.39 is 5.91 Å². The number of benzene rings is 1. The van der Waals surface area contributed by atoms with E-state index in [1.54, 1.807) is 29.2 Å². The van der Waals surface area contributed by atoms with Crippen molar-refractivity contribution in [2.75, 3.05) is 19.8 Å². The molecule has 6 nitrogen and oxygen atoms in total. The molecule has 0 spiro atoms. The van der Waals surface area contributed by atoms with Crippen molar-refractivity contribution in [2.24, 2.45) is 5.73 Å². The van der Waals surface area contributed by atoms with Crippen LogP contribution in [0.1, 0.15) is 24.2 Å². The Morgan fingerprint density at radius 3 is 2.35 bits per heavy atom. The molecule has 0 atom stereocenters. The Morgan fingerprint density at radius 2 is 1.90 bits per heavy atom. The van der Waals surface area contributed by atoms with E-state index in [0.29, 0.717) is 11.3 Å². The number of nitrogens with two attached hydrogens (primary N) is 1. The highest BCUT2D eigenvalue weighted by Crippen LogP contribution is 2.14. The third kappa shape index (κ3) is 4.55. The normalized spacial score (nSPS) is 10.4. The number of carbonyl (C=O) groups is 2. The van der Waals surface area contributed by atoms with E-state index in [9.17, 15) is 9.59 Å². The first-order valence-corrected chi connectivity index (χ1v) is 6.38. The molecule has 20 heavy (non-hydrogen) atoms. The van der Waals surface area contributed by atoms with Crippen LogP contribution in [-0.2, 0) is 4.79 Å². The van der Waals surface area contributed by atoms with Gasteiger partial charge in [-0.2, -0.15) is 0 Å². The molecule has 0 aliphatic rings. The number of aliphatic hydroxyl groups excluding tert-OH is 1. The minimum atomic E-state index is -0.556. The highest BCUT2D eigenvalue weighted by molar-refractivity contribution is 5.94. The lowest BCUT2D eigenvalue weighted by molar-refractivity contribution is -0.119. The Balaban J connectivity index is 2.76. The van der Waals surface area contributed by atoms with Gasteiger partial charge in [-0.25, -0.2) is 0 Å². The van der Waals surface area contributed by atoms with Crippen molar-refractivity contribution in [3.8, 4) is 5.75 Å². The minimum absolute atomic E-state index is 0.000406. The summed E-state index contributed by atoms with van der Waals surface area (Å²) in [7, 11) is 0. The number of carbonyl (C=O) groups excluding carboxylic acids is 2. The van der Waals surface area contributed by atoms with Gasteiger partial charge in [-0.1, -0.05) is 0 Å². The molecule has 0 unspecified atom stereocenters. The Labute approximate surface area is 118 Å². The van der Waals surface area contributed by atoms with Crippen molar-refractivity contribution in [3.05, 3.63) is 29.8 Å². The summed E-state index contributed by atoms with van der Waals surface area (Å²) in [6, 6.07) is 6.44. The van der Waals surface area contributed by atoms with Crippen LogP contribution in [0.5, 0.6) is 5.75 Å². The zero-order valence-electron chi connectivity index (χ0n) is 11.7. The van der Waals surface area contributed by atoms with Crippen molar-refractivity contribution in [1.82, 2.24) is 4.90 Å². The summed E-state index contributed by atoms with van der Waals surface area (Å²) < 4.78 is 5.12. The van der Waals surface area contributed by atoms with Crippen LogP contribution in [0.25, 0.3) is 0 Å². The molecule has 1 aromatic carbocycles. The standard InChI is InChI=1S/C14H20N2O4/c1-10(2)16(7-8-17)14(19)11-3-5-12(6-4-11)20-9-13(15)18/h3-6,10,17H,7-9H2,1-2H3,(H2,15,18). The van der Waals surface area contributed by atoms with Crippen molar-refractivity contribution in [3.63, 3.8) is 0 Å². The number of hydrogen-bond donors (Lipinski definition) is 2. The number of aliphatic hydroxyl groups is 1. The Morgan fingerprint density at radius 1 is 1.30 bits per heavy atom. The van der Waals surface area contributed by atoms with Crippen LogP contribution in [0.4, 0.5) is 0 Å². The predicted octanol–water partition coefficient (Wildman–Crippen LogP) is 0.394. The number of rotatable bonds is 7. The smallest absolute Gasteiger partial charge is 0.255 e. The average Bonchev–Trinajstić information content (AvgIpc) is 2.42. The predicted molar refractivity (Wildman–Crippen MR) is 74.4 cm³/mol. The van der Waals surface area contributed by atoms with Gasteiger partial charge >= 0.3 is 0 Å². The fourth-order valence-corrected chi connectivity index (χ4v) is 1.72. The second kappa shape index (κ2) is 7.49. The van der Waals surface area contributed by atoms with E-state index in [4.69, 9.17) is 15.6 Å². The molecule has 0 radical (unpaired) electrons. The molecule has 3 N–H and O–H groups in total. The molecule has 0 saturated carbocycles. The van der Waals surface area contributed by atoms with Gasteiger partial charge in [-0.15, -0.1) is 0 Å². The van der Waals surface area contributed by atoms with Crippen molar-refractivity contribution in [1.29, 1.82) is 0 Å². The Kier molecular flexibility index (Phi) is 5.99. The lowest BCUT2D eigenvalue weighted by Crippen LogP contribution is -2.38. The lowest BCUT2D eigenvalue weighted by Gasteiger charge is -2.26. The summed E-state index contributed by atoms with van der Waals surface area (Å²) in [6.07, 6.45) is 0. The summed E-state index contributed by atoms with van der Waals surface area (Å²) in [5, 5.41) is 8.99. The van der Waals surface area contributed by atoms with Crippen LogP contribution < -0.4 is 10.5 Å². The van der Waals surface area contributed by atoms with Gasteiger partial charge in [0, 0.05) is 18.2 Å². The van der Waals surface area contributed by atoms with Crippen molar-refractivity contribution >= 4 is 11.8 Å². The van der Waals surface area contributed by atoms with Gasteiger partial charge in [0.25, 0.3) is 11.8 Å². The van der Waals surface area contributed by atoms with Gasteiger partial charge in [0.15, 0.2) is 6.61 Å². The summed E-state index contributed by atoms with van der Waals surface area (Å²) in [4.78, 5) is 24.4. The zero-order valence-corrected chi connectivity index (χ0v) is 11.7. The van der Waals surface area contributed by atoms with E-state index in [1.807, 2.05) is 13.8 Å². The quantitative estimate of drug-likeness (QED) is 0.755. The third-order valence-corrected chi connectivity index (χ3v) is 2.71. The molecule has 0 aromatic heterocycles. The number of hydrogen-bond acceptors (Lipinski definition) is 4. The van der Waals surface area contributed by atoms with E-state index in [1.165, 1.54) is 0 Å². The van der Waals surface area contributed by atoms with E-state index in [2.05, 4.69) is 0 Å². The van der Waals surface area contributed by atoms with Gasteiger partial charge in [0.1, 0.15) is 5.75 Å². The van der Waals surface area contributed by atoms with Gasteiger partial charge in [-0.05, 0) is 38.1 Å². The number of primary amides is 1. The highest BCUT2D eigenvalue weighted by atomic mass is 16.5. The SMILES string of the molecule is CC(C)N(CCO)C(=O)c1ccc(OCC(N)=O)cc1. The van der Waals surface area contributed by atoms with E-state index in [-0.39, 0.29) is 31.7 Å². The third-order valence-electron chi connectivity index (χ3n) is 2.71. The van der Waals surface area contributed by atoms with Crippen LogP contribution in [0.3, 0.4) is 0 Å². The van der Waals surface area contributed by atoms with Crippen molar-refractivity contribution < 1.29 is 19.4 Å². The molecular formula is C14H20N2O4. The molecule has 1 rings (SSSR count). The first-order valence-electron chi connectivity index (χ1n) is 6.38. The second-order valence-corrected chi connectivity index (χ2v) is 4.60. The van der Waals surface area contributed by atoms with Gasteiger partial charge < -0.3 is 20.5 Å². The van der Waals surface area contributed by atoms with Crippen LogP contribution in [-0.4, -0.2) is 47.6 Å². The molecule has 110 valence electrons. The monoisotopic (exact) mass is 280 g/mol. The zero-order chi connectivity index (χ0) is 15.1. The Hall–Kier alpha value is -2.08. The van der Waals surface area contributed by atoms with Crippen LogP contribution in [0, 0.1) is 0 Å². The molecular weight excluding hydrogens is 260 g/mol. The number of ether oxygens (including phenoxy) is 1. The summed E-state index contributed by atoms with van der Waals surface area (Å²) in [5.41, 5.74) is 5.48. The number of nitrogens with zero attached hydrogens (tertiary/aromatic N) is 1. The second-order valence-electron chi connectivity index (χ2n) is 4.60. The molecule has 0 bridgehead atoms. The van der Waals surface area contributed by atoms with Crippen LogP contribution >= 0.6 is 0 Å². The minimum Gasteiger partial charge on any atom is -0.484 e. The molecule has 2 amide bonds. The molecule has 0 aliphatic heterocycles.